The topological polar surface area (TPSA) is 17.1 Å². The van der Waals surface area contributed by atoms with E-state index in [0.29, 0.717) is 12.2 Å². The van der Waals surface area contributed by atoms with E-state index in [9.17, 15) is 4.79 Å². The highest BCUT2D eigenvalue weighted by atomic mass is 16.1. The van der Waals surface area contributed by atoms with Gasteiger partial charge in [0.25, 0.3) is 0 Å². The highest BCUT2D eigenvalue weighted by Crippen LogP contribution is 2.06. The lowest BCUT2D eigenvalue weighted by atomic mass is 10.1. The molecule has 0 saturated heterocycles. The predicted octanol–water partition coefficient (Wildman–Crippen LogP) is 4.52. The molecule has 0 unspecified atom stereocenters. The van der Waals surface area contributed by atoms with Crippen molar-refractivity contribution in [3.63, 3.8) is 0 Å². The minimum atomic E-state index is 0.402. The van der Waals surface area contributed by atoms with E-state index >= 15 is 0 Å². The van der Waals surface area contributed by atoms with Crippen molar-refractivity contribution in [2.24, 2.45) is 5.92 Å². The molecule has 0 saturated carbocycles. The standard InChI is InChI=1S/C14H26O/c1-4-14(15)12-10-8-6-5-7-9-11-13(2)3/h5,7,13H,4,6,8-12H2,1-3H3/b7-5+. The second-order valence-electron chi connectivity index (χ2n) is 4.58. The van der Waals surface area contributed by atoms with E-state index in [1.54, 1.807) is 0 Å². The zero-order valence-electron chi connectivity index (χ0n) is 10.6. The molecule has 0 aliphatic heterocycles. The summed E-state index contributed by atoms with van der Waals surface area (Å²) in [6, 6.07) is 0. The highest BCUT2D eigenvalue weighted by molar-refractivity contribution is 5.77. The summed E-state index contributed by atoms with van der Waals surface area (Å²) in [4.78, 5) is 11.0. The van der Waals surface area contributed by atoms with Crippen molar-refractivity contribution in [1.29, 1.82) is 0 Å². The number of rotatable bonds is 9. The lowest BCUT2D eigenvalue weighted by molar-refractivity contribution is -0.118. The van der Waals surface area contributed by atoms with E-state index in [2.05, 4.69) is 26.0 Å². The van der Waals surface area contributed by atoms with Crippen molar-refractivity contribution >= 4 is 5.78 Å². The molecule has 15 heavy (non-hydrogen) atoms. The van der Waals surface area contributed by atoms with Gasteiger partial charge in [-0.3, -0.25) is 4.79 Å². The number of hydrogen-bond donors (Lipinski definition) is 0. The quantitative estimate of drug-likeness (QED) is 0.404. The molecule has 0 N–H and O–H groups in total. The Morgan fingerprint density at radius 1 is 1.13 bits per heavy atom. The van der Waals surface area contributed by atoms with Crippen molar-refractivity contribution in [2.75, 3.05) is 0 Å². The SMILES string of the molecule is CCC(=O)CCCC/C=C/CCC(C)C. The Morgan fingerprint density at radius 3 is 2.40 bits per heavy atom. The molecule has 0 spiro atoms. The second-order valence-corrected chi connectivity index (χ2v) is 4.58. The molecule has 0 bridgehead atoms. The first-order valence-electron chi connectivity index (χ1n) is 6.33. The lowest BCUT2D eigenvalue weighted by Gasteiger charge is -1.99. The molecular formula is C14H26O. The molecular weight excluding hydrogens is 184 g/mol. The van der Waals surface area contributed by atoms with Crippen molar-refractivity contribution < 1.29 is 4.79 Å². The summed E-state index contributed by atoms with van der Waals surface area (Å²) in [5.41, 5.74) is 0. The monoisotopic (exact) mass is 210 g/mol. The van der Waals surface area contributed by atoms with Gasteiger partial charge in [-0.05, 0) is 38.0 Å². The third-order valence-electron chi connectivity index (χ3n) is 2.55. The third kappa shape index (κ3) is 11.3. The molecule has 0 radical (unpaired) electrons. The van der Waals surface area contributed by atoms with Crippen molar-refractivity contribution in [2.45, 2.75) is 65.7 Å². The van der Waals surface area contributed by atoms with Gasteiger partial charge in [0.05, 0.1) is 0 Å². The van der Waals surface area contributed by atoms with Gasteiger partial charge in [-0.1, -0.05) is 32.9 Å². The van der Waals surface area contributed by atoms with Crippen LogP contribution in [0.1, 0.15) is 65.7 Å². The minimum Gasteiger partial charge on any atom is -0.300 e. The number of carbonyl (C=O) groups excluding carboxylic acids is 1. The maximum absolute atomic E-state index is 11.0. The average Bonchev–Trinajstić information content (AvgIpc) is 2.21. The highest BCUT2D eigenvalue weighted by Gasteiger charge is 1.96. The van der Waals surface area contributed by atoms with Gasteiger partial charge in [0.1, 0.15) is 5.78 Å². The van der Waals surface area contributed by atoms with Gasteiger partial charge in [-0.25, -0.2) is 0 Å². The summed E-state index contributed by atoms with van der Waals surface area (Å²) in [5, 5.41) is 0. The summed E-state index contributed by atoms with van der Waals surface area (Å²) < 4.78 is 0. The van der Waals surface area contributed by atoms with Crippen molar-refractivity contribution in [3.05, 3.63) is 12.2 Å². The van der Waals surface area contributed by atoms with Gasteiger partial charge in [0.2, 0.25) is 0 Å². The Balaban J connectivity index is 3.20. The predicted molar refractivity (Wildman–Crippen MR) is 67.0 cm³/mol. The maximum atomic E-state index is 11.0. The zero-order valence-corrected chi connectivity index (χ0v) is 10.6. The van der Waals surface area contributed by atoms with Crippen LogP contribution in [0.3, 0.4) is 0 Å². The number of allylic oxidation sites excluding steroid dienone is 2. The fourth-order valence-electron chi connectivity index (χ4n) is 1.43. The molecule has 0 aliphatic carbocycles. The van der Waals surface area contributed by atoms with Gasteiger partial charge in [-0.15, -0.1) is 0 Å². The van der Waals surface area contributed by atoms with Gasteiger partial charge in [0, 0.05) is 12.8 Å². The summed E-state index contributed by atoms with van der Waals surface area (Å²) >= 11 is 0. The van der Waals surface area contributed by atoms with Crippen LogP contribution in [-0.4, -0.2) is 5.78 Å². The molecule has 0 aromatic heterocycles. The van der Waals surface area contributed by atoms with E-state index < -0.39 is 0 Å². The molecule has 0 aliphatic rings. The Labute approximate surface area is 95.0 Å². The normalized spacial score (nSPS) is 11.5. The van der Waals surface area contributed by atoms with Crippen LogP contribution in [-0.2, 0) is 4.79 Å². The summed E-state index contributed by atoms with van der Waals surface area (Å²) in [6.45, 7) is 6.45. The molecule has 1 nitrogen and oxygen atoms in total. The second kappa shape index (κ2) is 9.95. The van der Waals surface area contributed by atoms with E-state index in [1.165, 1.54) is 12.8 Å². The van der Waals surface area contributed by atoms with E-state index in [4.69, 9.17) is 0 Å². The van der Waals surface area contributed by atoms with Gasteiger partial charge in [-0.2, -0.15) is 0 Å². The molecule has 1 heteroatoms. The molecule has 88 valence electrons. The van der Waals surface area contributed by atoms with E-state index in [1.807, 2.05) is 6.92 Å². The molecule has 0 heterocycles. The first-order valence-corrected chi connectivity index (χ1v) is 6.33. The average molecular weight is 210 g/mol. The Bertz CT molecular complexity index is 180. The molecule has 0 aromatic carbocycles. The Morgan fingerprint density at radius 2 is 1.80 bits per heavy atom. The first kappa shape index (κ1) is 14.4. The smallest absolute Gasteiger partial charge is 0.132 e. The van der Waals surface area contributed by atoms with Crippen LogP contribution >= 0.6 is 0 Å². The van der Waals surface area contributed by atoms with Crippen LogP contribution in [0, 0.1) is 5.92 Å². The third-order valence-corrected chi connectivity index (χ3v) is 2.55. The van der Waals surface area contributed by atoms with Crippen molar-refractivity contribution in [3.8, 4) is 0 Å². The number of ketones is 1. The van der Waals surface area contributed by atoms with Crippen LogP contribution < -0.4 is 0 Å². The summed E-state index contributed by atoms with van der Waals surface area (Å²) in [6.07, 6.45) is 11.8. The number of unbranched alkanes of at least 4 members (excludes halogenated alkanes) is 2. The molecule has 0 fully saturated rings. The summed E-state index contributed by atoms with van der Waals surface area (Å²) in [5.74, 6) is 1.20. The van der Waals surface area contributed by atoms with E-state index in [-0.39, 0.29) is 0 Å². The largest absolute Gasteiger partial charge is 0.300 e. The first-order chi connectivity index (χ1) is 7.16. The van der Waals surface area contributed by atoms with Gasteiger partial charge in [0.15, 0.2) is 0 Å². The Kier molecular flexibility index (Phi) is 9.55. The lowest BCUT2D eigenvalue weighted by Crippen LogP contribution is -1.93. The van der Waals surface area contributed by atoms with E-state index in [0.717, 1.165) is 31.6 Å². The minimum absolute atomic E-state index is 0.402. The van der Waals surface area contributed by atoms with Crippen LogP contribution in [0.2, 0.25) is 0 Å². The van der Waals surface area contributed by atoms with Gasteiger partial charge < -0.3 is 0 Å². The molecule has 0 amide bonds. The fraction of sp³-hybridized carbons (Fsp3) is 0.786. The maximum Gasteiger partial charge on any atom is 0.132 e. The van der Waals surface area contributed by atoms with Crippen molar-refractivity contribution in [1.82, 2.24) is 0 Å². The zero-order chi connectivity index (χ0) is 11.5. The summed E-state index contributed by atoms with van der Waals surface area (Å²) in [7, 11) is 0. The van der Waals surface area contributed by atoms with Gasteiger partial charge >= 0.3 is 0 Å². The van der Waals surface area contributed by atoms with Crippen LogP contribution in [0.4, 0.5) is 0 Å². The van der Waals surface area contributed by atoms with Crippen LogP contribution in [0.25, 0.3) is 0 Å². The molecule has 0 aromatic rings. The number of hydrogen-bond acceptors (Lipinski definition) is 1. The molecule has 0 rings (SSSR count). The number of Topliss-reactive ketones (excluding diaryl/α,β-unsaturated/α-hetero) is 1. The van der Waals surface area contributed by atoms with Crippen LogP contribution in [0.15, 0.2) is 12.2 Å². The van der Waals surface area contributed by atoms with Crippen LogP contribution in [0.5, 0.6) is 0 Å². The molecule has 0 atom stereocenters. The Hall–Kier alpha value is -0.590. The fourth-order valence-corrected chi connectivity index (χ4v) is 1.43. The number of carbonyl (C=O) groups is 1.